The molecular weight excluding hydrogens is 374 g/mol. The van der Waals surface area contributed by atoms with Gasteiger partial charge in [-0.3, -0.25) is 19.6 Å². The van der Waals surface area contributed by atoms with Crippen LogP contribution in [-0.4, -0.2) is 21.0 Å². The van der Waals surface area contributed by atoms with Crippen molar-refractivity contribution in [2.24, 2.45) is 0 Å². The maximum atomic E-state index is 12.5. The van der Waals surface area contributed by atoms with Gasteiger partial charge in [0.2, 0.25) is 5.75 Å². The van der Waals surface area contributed by atoms with Crippen LogP contribution >= 0.6 is 0 Å². The number of carbonyl (C=O) groups is 1. The summed E-state index contributed by atoms with van der Waals surface area (Å²) in [6.45, 7) is 0.429. The van der Waals surface area contributed by atoms with E-state index in [1.54, 1.807) is 0 Å². The smallest absolute Gasteiger partial charge is 0.326 e. The molecule has 1 atom stereocenters. The fraction of sp³-hybridized carbons (Fsp3) is 0.190. The Hall–Kier alpha value is -3.81. The van der Waals surface area contributed by atoms with E-state index in [2.05, 4.69) is 10.3 Å². The van der Waals surface area contributed by atoms with E-state index < -0.39 is 28.6 Å². The Balaban J connectivity index is 1.51. The number of aromatic nitrogens is 2. The van der Waals surface area contributed by atoms with Crippen LogP contribution in [-0.2, 0) is 13.0 Å². The highest BCUT2D eigenvalue weighted by Crippen LogP contribution is 2.34. The molecule has 0 saturated carbocycles. The summed E-state index contributed by atoms with van der Waals surface area (Å²) in [6.07, 6.45) is 1.44. The molecule has 1 amide bonds. The molecule has 0 fully saturated rings. The molecule has 0 radical (unpaired) electrons. The Morgan fingerprint density at radius 2 is 1.93 bits per heavy atom. The molecule has 29 heavy (non-hydrogen) atoms. The van der Waals surface area contributed by atoms with Gasteiger partial charge in [0.1, 0.15) is 12.4 Å². The third kappa shape index (κ3) is 3.91. The second-order valence-corrected chi connectivity index (χ2v) is 6.83. The summed E-state index contributed by atoms with van der Waals surface area (Å²) in [5.41, 5.74) is 0.723. The monoisotopic (exact) mass is 393 g/mol. The molecule has 8 nitrogen and oxygen atoms in total. The van der Waals surface area contributed by atoms with E-state index in [4.69, 9.17) is 4.74 Å². The second kappa shape index (κ2) is 7.67. The zero-order valence-electron chi connectivity index (χ0n) is 15.4. The lowest BCUT2D eigenvalue weighted by atomic mass is 10.1. The van der Waals surface area contributed by atoms with Crippen LogP contribution in [0.5, 0.6) is 11.5 Å². The molecule has 4 N–H and O–H groups in total. The van der Waals surface area contributed by atoms with Crippen molar-refractivity contribution in [1.82, 2.24) is 15.3 Å². The van der Waals surface area contributed by atoms with E-state index >= 15 is 0 Å². The van der Waals surface area contributed by atoms with Crippen molar-refractivity contribution in [2.45, 2.75) is 25.5 Å². The number of hydrogen-bond acceptors (Lipinski definition) is 5. The molecule has 148 valence electrons. The summed E-state index contributed by atoms with van der Waals surface area (Å²) in [5.74, 6) is -0.861. The van der Waals surface area contributed by atoms with Crippen LogP contribution in [0.2, 0.25) is 0 Å². The van der Waals surface area contributed by atoms with Crippen molar-refractivity contribution in [3.05, 3.63) is 91.8 Å². The number of ether oxygens (including phenoxy) is 1. The summed E-state index contributed by atoms with van der Waals surface area (Å²) in [5, 5.41) is 12.6. The fourth-order valence-corrected chi connectivity index (χ4v) is 3.44. The minimum atomic E-state index is -1.01. The van der Waals surface area contributed by atoms with Crippen molar-refractivity contribution in [1.29, 1.82) is 0 Å². The molecule has 1 unspecified atom stereocenters. The number of benzene rings is 2. The Kier molecular flexibility index (Phi) is 4.90. The van der Waals surface area contributed by atoms with Gasteiger partial charge in [0, 0.05) is 0 Å². The Morgan fingerprint density at radius 3 is 2.72 bits per heavy atom. The lowest BCUT2D eigenvalue weighted by molar-refractivity contribution is 0.0927. The summed E-state index contributed by atoms with van der Waals surface area (Å²) in [4.78, 5) is 39.5. The maximum absolute atomic E-state index is 12.5. The Bertz CT molecular complexity index is 1170. The highest BCUT2D eigenvalue weighted by molar-refractivity contribution is 5.94. The van der Waals surface area contributed by atoms with Gasteiger partial charge in [0.15, 0.2) is 5.69 Å². The number of amides is 1. The molecule has 3 aromatic rings. The van der Waals surface area contributed by atoms with Gasteiger partial charge >= 0.3 is 5.69 Å². The average molecular weight is 393 g/mol. The number of H-pyrrole nitrogens is 2. The summed E-state index contributed by atoms with van der Waals surface area (Å²) in [7, 11) is 0. The zero-order valence-corrected chi connectivity index (χ0v) is 15.4. The maximum Gasteiger partial charge on any atom is 0.326 e. The van der Waals surface area contributed by atoms with Gasteiger partial charge in [-0.1, -0.05) is 36.4 Å². The number of nitrogens with one attached hydrogen (secondary N) is 3. The van der Waals surface area contributed by atoms with Crippen molar-refractivity contribution in [3.63, 3.8) is 0 Å². The van der Waals surface area contributed by atoms with Gasteiger partial charge in [-0.25, -0.2) is 4.79 Å². The van der Waals surface area contributed by atoms with Gasteiger partial charge in [-0.15, -0.1) is 0 Å². The predicted molar refractivity (Wildman–Crippen MR) is 105 cm³/mol. The summed E-state index contributed by atoms with van der Waals surface area (Å²) < 4.78 is 5.86. The molecule has 2 aromatic carbocycles. The molecule has 0 spiro atoms. The van der Waals surface area contributed by atoms with E-state index in [9.17, 15) is 19.5 Å². The zero-order chi connectivity index (χ0) is 20.4. The number of hydrogen-bond donors (Lipinski definition) is 4. The van der Waals surface area contributed by atoms with Crippen LogP contribution in [0.3, 0.4) is 0 Å². The van der Waals surface area contributed by atoms with Gasteiger partial charge in [-0.05, 0) is 41.7 Å². The van der Waals surface area contributed by atoms with Gasteiger partial charge in [0.25, 0.3) is 11.5 Å². The molecule has 4 rings (SSSR count). The quantitative estimate of drug-likeness (QED) is 0.526. The Labute approximate surface area is 165 Å². The van der Waals surface area contributed by atoms with Crippen LogP contribution in [0.25, 0.3) is 0 Å². The summed E-state index contributed by atoms with van der Waals surface area (Å²) in [6, 6.07) is 15.2. The molecule has 1 heterocycles. The van der Waals surface area contributed by atoms with Crippen molar-refractivity contribution >= 4 is 5.91 Å². The van der Waals surface area contributed by atoms with Crippen molar-refractivity contribution in [3.8, 4) is 11.5 Å². The first kappa shape index (κ1) is 18.5. The Morgan fingerprint density at radius 1 is 1.14 bits per heavy atom. The molecular formula is C21H19N3O5. The lowest BCUT2D eigenvalue weighted by Crippen LogP contribution is -2.33. The molecule has 8 heteroatoms. The number of aromatic amines is 2. The van der Waals surface area contributed by atoms with Crippen LogP contribution in [0.1, 0.15) is 39.6 Å². The third-order valence-electron chi connectivity index (χ3n) is 4.89. The number of rotatable bonds is 5. The lowest BCUT2D eigenvalue weighted by Gasteiger charge is -2.15. The SMILES string of the molecule is O=C(NC1CCc2ccc(OCc3ccccc3)cc21)c1[nH]c(=O)[nH]c(=O)c1O. The summed E-state index contributed by atoms with van der Waals surface area (Å²) >= 11 is 0. The molecule has 0 aliphatic heterocycles. The van der Waals surface area contributed by atoms with Crippen LogP contribution in [0, 0.1) is 0 Å². The minimum Gasteiger partial charge on any atom is -0.501 e. The highest BCUT2D eigenvalue weighted by atomic mass is 16.5. The minimum absolute atomic E-state index is 0.319. The molecule has 1 aromatic heterocycles. The third-order valence-corrected chi connectivity index (χ3v) is 4.89. The number of aromatic hydroxyl groups is 1. The predicted octanol–water partition coefficient (Wildman–Crippen LogP) is 1.77. The average Bonchev–Trinajstić information content (AvgIpc) is 3.12. The molecule has 0 bridgehead atoms. The van der Waals surface area contributed by atoms with Crippen LogP contribution < -0.4 is 21.3 Å². The van der Waals surface area contributed by atoms with Gasteiger partial charge in [-0.2, -0.15) is 0 Å². The van der Waals surface area contributed by atoms with E-state index in [0.29, 0.717) is 18.8 Å². The van der Waals surface area contributed by atoms with Gasteiger partial charge in [0.05, 0.1) is 6.04 Å². The van der Waals surface area contributed by atoms with Gasteiger partial charge < -0.3 is 15.2 Å². The molecule has 1 aliphatic rings. The van der Waals surface area contributed by atoms with Crippen molar-refractivity contribution in [2.75, 3.05) is 0 Å². The molecule has 0 saturated heterocycles. The van der Waals surface area contributed by atoms with E-state index in [1.165, 1.54) is 0 Å². The molecule has 1 aliphatic carbocycles. The number of carbonyl (C=O) groups excluding carboxylic acids is 1. The van der Waals surface area contributed by atoms with E-state index in [-0.39, 0.29) is 6.04 Å². The fourth-order valence-electron chi connectivity index (χ4n) is 3.44. The van der Waals surface area contributed by atoms with E-state index in [1.807, 2.05) is 53.5 Å². The van der Waals surface area contributed by atoms with Crippen LogP contribution in [0.15, 0.2) is 58.1 Å². The van der Waals surface area contributed by atoms with Crippen molar-refractivity contribution < 1.29 is 14.6 Å². The highest BCUT2D eigenvalue weighted by Gasteiger charge is 2.26. The first-order valence-electron chi connectivity index (χ1n) is 9.17. The number of aryl methyl sites for hydroxylation is 1. The number of fused-ring (bicyclic) bond motifs is 1. The normalized spacial score (nSPS) is 15.0. The second-order valence-electron chi connectivity index (χ2n) is 6.83. The largest absolute Gasteiger partial charge is 0.501 e. The van der Waals surface area contributed by atoms with Crippen LogP contribution in [0.4, 0.5) is 0 Å². The topological polar surface area (TPSA) is 124 Å². The first-order valence-corrected chi connectivity index (χ1v) is 9.17. The van der Waals surface area contributed by atoms with E-state index in [0.717, 1.165) is 23.1 Å². The first-order chi connectivity index (χ1) is 14.0. The standard InChI is InChI=1S/C21H19N3O5/c25-18-17(23-21(28)24-20(18)27)19(26)22-16-9-7-13-6-8-14(10-15(13)16)29-11-12-4-2-1-3-5-12/h1-6,8,10,16,25H,7,9,11H2,(H,22,26)(H2,23,24,27,28).